The molecule has 5 N–H and O–H groups in total. The van der Waals surface area contributed by atoms with E-state index in [1.807, 2.05) is 34.5 Å². The number of rotatable bonds is 12. The topological polar surface area (TPSA) is 176 Å². The molecule has 3 fully saturated rings. The third-order valence-electron chi connectivity index (χ3n) is 13.7. The van der Waals surface area contributed by atoms with Gasteiger partial charge in [-0.2, -0.15) is 5.10 Å². The molecule has 0 spiro atoms. The molecule has 16 heteroatoms. The fraction of sp³-hybridized carbons (Fsp3) is 0.488. The molecular weight excluding hydrogens is 793 g/mol. The number of imidazole rings is 1. The van der Waals surface area contributed by atoms with Crippen molar-refractivity contribution in [3.05, 3.63) is 81.1 Å². The number of hydrogen-bond acceptors (Lipinski definition) is 8. The first-order valence-electron chi connectivity index (χ1n) is 20.7. The Morgan fingerprint density at radius 3 is 2.32 bits per heavy atom. The van der Waals surface area contributed by atoms with Crippen LogP contribution in [0, 0.1) is 10.8 Å². The number of amides is 3. The van der Waals surface area contributed by atoms with E-state index in [4.69, 9.17) is 28.2 Å². The van der Waals surface area contributed by atoms with Gasteiger partial charge >= 0.3 is 5.97 Å². The van der Waals surface area contributed by atoms with Crippen LogP contribution >= 0.6 is 23.2 Å². The second kappa shape index (κ2) is 15.7. The predicted molar refractivity (Wildman–Crippen MR) is 224 cm³/mol. The largest absolute Gasteiger partial charge is 0.481 e. The first-order valence-corrected chi connectivity index (χ1v) is 21.5. The maximum atomic E-state index is 13.8. The number of carboxylic acids is 1. The van der Waals surface area contributed by atoms with E-state index in [0.717, 1.165) is 94.4 Å². The molecule has 1 unspecified atom stereocenters. The van der Waals surface area contributed by atoms with Crippen molar-refractivity contribution in [1.82, 2.24) is 34.9 Å². The second-order valence-corrected chi connectivity index (χ2v) is 18.0. The van der Waals surface area contributed by atoms with Crippen molar-refractivity contribution in [2.75, 3.05) is 30.3 Å². The predicted octanol–water partition coefficient (Wildman–Crippen LogP) is 6.58. The smallest absolute Gasteiger partial charge is 0.309 e. The number of hydrogen-bond donors (Lipinski definition) is 5. The van der Waals surface area contributed by atoms with Gasteiger partial charge in [0.1, 0.15) is 0 Å². The van der Waals surface area contributed by atoms with Crippen molar-refractivity contribution < 1.29 is 24.3 Å². The number of carboxylic acid groups (broad SMARTS) is 1. The van der Waals surface area contributed by atoms with E-state index in [-0.39, 0.29) is 40.0 Å². The third-order valence-corrected chi connectivity index (χ3v) is 14.5. The number of aromatic nitrogens is 4. The minimum atomic E-state index is -0.632. The van der Waals surface area contributed by atoms with Crippen LogP contribution in [-0.2, 0) is 36.1 Å². The summed E-state index contributed by atoms with van der Waals surface area (Å²) in [6.07, 6.45) is 9.28. The first kappa shape index (κ1) is 39.7. The van der Waals surface area contributed by atoms with Gasteiger partial charge in [0.15, 0.2) is 11.5 Å². The molecule has 4 aromatic rings. The lowest BCUT2D eigenvalue weighted by Crippen LogP contribution is -2.38. The zero-order chi connectivity index (χ0) is 41.1. The maximum absolute atomic E-state index is 13.8. The van der Waals surface area contributed by atoms with Gasteiger partial charge in [-0.25, -0.2) is 4.98 Å². The molecule has 2 aromatic heterocycles. The fourth-order valence-electron chi connectivity index (χ4n) is 10.3. The Kier molecular flexibility index (Phi) is 10.6. The summed E-state index contributed by atoms with van der Waals surface area (Å²) >= 11 is 13.9. The molecule has 59 heavy (non-hydrogen) atoms. The standard InChI is InChI=1S/C43H49Cl2N9O5/c1-52-33-12-19-53(20-17-42-13-15-43(24-42,16-14-42)41(58)59)23-32(33)48-38(52)40(57)50-30-8-3-6-27(37(30)45)26-5-2-7-29(36(26)44)49-39(56)31-21-34-28(9-4-18-54(34)51-31)46-22-25-10-11-35(55)47-25/h2-3,5-8,21,25,28,46H,4,9-20,22-24H2,1H3,(H,47,55)(H,49,56)(H,50,57)(H,58,59)/t25-,28?,42?,43?/m0/s1. The molecule has 0 radical (unpaired) electrons. The van der Waals surface area contributed by atoms with Crippen LogP contribution in [0.1, 0.15) is 108 Å². The van der Waals surface area contributed by atoms with Crippen LogP contribution < -0.4 is 21.3 Å². The van der Waals surface area contributed by atoms with Gasteiger partial charge in [-0.05, 0) is 87.9 Å². The van der Waals surface area contributed by atoms with Crippen LogP contribution in [0.2, 0.25) is 10.0 Å². The van der Waals surface area contributed by atoms with Crippen LogP contribution in [0.4, 0.5) is 11.4 Å². The molecule has 2 atom stereocenters. The van der Waals surface area contributed by atoms with Crippen LogP contribution in [0.15, 0.2) is 42.5 Å². The van der Waals surface area contributed by atoms with Gasteiger partial charge in [0.25, 0.3) is 11.8 Å². The molecule has 310 valence electrons. The van der Waals surface area contributed by atoms with E-state index >= 15 is 0 Å². The quantitative estimate of drug-likeness (QED) is 0.106. The van der Waals surface area contributed by atoms with Crippen LogP contribution in [0.5, 0.6) is 0 Å². The molecule has 2 aliphatic carbocycles. The number of nitrogens with zero attached hydrogens (tertiary/aromatic N) is 5. The van der Waals surface area contributed by atoms with E-state index in [1.165, 1.54) is 0 Å². The highest BCUT2D eigenvalue weighted by molar-refractivity contribution is 6.40. The second-order valence-electron chi connectivity index (χ2n) is 17.3. The Balaban J connectivity index is 0.851. The summed E-state index contributed by atoms with van der Waals surface area (Å²) in [7, 11) is 1.86. The van der Waals surface area contributed by atoms with Crippen LogP contribution in [-0.4, -0.2) is 78.7 Å². The highest BCUT2D eigenvalue weighted by Crippen LogP contribution is 2.63. The molecule has 14 nitrogen and oxygen atoms in total. The van der Waals surface area contributed by atoms with E-state index in [0.29, 0.717) is 59.4 Å². The monoisotopic (exact) mass is 841 g/mol. The first-order chi connectivity index (χ1) is 28.4. The molecular formula is C43H49Cl2N9O5. The number of anilines is 2. The molecule has 9 rings (SSSR count). The number of carbonyl (C=O) groups is 4. The molecule has 5 heterocycles. The molecule has 2 saturated carbocycles. The minimum Gasteiger partial charge on any atom is -0.481 e. The summed E-state index contributed by atoms with van der Waals surface area (Å²) in [5.74, 6) is -1.03. The molecule has 1 saturated heterocycles. The van der Waals surface area contributed by atoms with E-state index in [2.05, 4.69) is 31.3 Å². The van der Waals surface area contributed by atoms with Crippen molar-refractivity contribution in [2.45, 2.75) is 95.8 Å². The normalized spacial score (nSPS) is 24.8. The summed E-state index contributed by atoms with van der Waals surface area (Å²) in [5.41, 5.74) is 4.68. The van der Waals surface area contributed by atoms with Crippen molar-refractivity contribution >= 4 is 58.3 Å². The lowest BCUT2D eigenvalue weighted by atomic mass is 9.80. The van der Waals surface area contributed by atoms with E-state index < -0.39 is 17.3 Å². The van der Waals surface area contributed by atoms with Crippen molar-refractivity contribution in [3.63, 3.8) is 0 Å². The average Bonchev–Trinajstić information content (AvgIpc) is 4.07. The Morgan fingerprint density at radius 2 is 1.66 bits per heavy atom. The van der Waals surface area contributed by atoms with Crippen LogP contribution in [0.25, 0.3) is 11.1 Å². The van der Waals surface area contributed by atoms with Gasteiger partial charge in [0.05, 0.1) is 38.2 Å². The summed E-state index contributed by atoms with van der Waals surface area (Å²) in [4.78, 5) is 58.1. The Bertz CT molecular complexity index is 2350. The zero-order valence-corrected chi connectivity index (χ0v) is 34.6. The maximum Gasteiger partial charge on any atom is 0.309 e. The number of aliphatic carboxylic acids is 1. The Hall–Kier alpha value is -4.76. The summed E-state index contributed by atoms with van der Waals surface area (Å²) in [6.45, 7) is 3.75. The van der Waals surface area contributed by atoms with Gasteiger partial charge in [-0.3, -0.25) is 28.8 Å². The number of carbonyl (C=O) groups excluding carboxylic acids is 3. The minimum absolute atomic E-state index is 0.0224. The van der Waals surface area contributed by atoms with Crippen molar-refractivity contribution in [1.29, 1.82) is 0 Å². The molecule has 3 aliphatic heterocycles. The fourth-order valence-corrected chi connectivity index (χ4v) is 10.8. The Labute approximate surface area is 352 Å². The number of aryl methyl sites for hydroxylation is 1. The van der Waals surface area contributed by atoms with Gasteiger partial charge in [0.2, 0.25) is 5.91 Å². The molecule has 3 amide bonds. The highest BCUT2D eigenvalue weighted by Gasteiger charge is 2.57. The van der Waals surface area contributed by atoms with Crippen LogP contribution in [0.3, 0.4) is 0 Å². The average molecular weight is 843 g/mol. The zero-order valence-electron chi connectivity index (χ0n) is 33.1. The number of nitrogens with one attached hydrogen (secondary N) is 4. The molecule has 2 aromatic carbocycles. The lowest BCUT2D eigenvalue weighted by Gasteiger charge is -2.32. The highest BCUT2D eigenvalue weighted by atomic mass is 35.5. The van der Waals surface area contributed by atoms with E-state index in [9.17, 15) is 24.3 Å². The van der Waals surface area contributed by atoms with Gasteiger partial charge in [-0.1, -0.05) is 47.5 Å². The van der Waals surface area contributed by atoms with Gasteiger partial charge in [-0.15, -0.1) is 0 Å². The summed E-state index contributed by atoms with van der Waals surface area (Å²) in [6, 6.07) is 12.6. The lowest BCUT2D eigenvalue weighted by molar-refractivity contribution is -0.148. The van der Waals surface area contributed by atoms with Crippen molar-refractivity contribution in [3.8, 4) is 11.1 Å². The number of fused-ring (bicyclic) bond motifs is 4. The molecule has 2 bridgehead atoms. The Morgan fingerprint density at radius 1 is 0.949 bits per heavy atom. The number of halogens is 2. The van der Waals surface area contributed by atoms with Crippen molar-refractivity contribution in [2.24, 2.45) is 17.9 Å². The molecule has 5 aliphatic rings. The SMILES string of the molecule is Cn1c(C(=O)Nc2cccc(-c3cccc(NC(=O)c4cc5n(n4)CCCC5NC[C@@H]4CCC(=O)N4)c3Cl)c2Cl)nc2c1CCN(CCC13CCC(C(=O)O)(CC1)C3)C2. The number of benzene rings is 2. The third kappa shape index (κ3) is 7.53. The summed E-state index contributed by atoms with van der Waals surface area (Å²) < 4.78 is 3.73. The van der Waals surface area contributed by atoms with Gasteiger partial charge in [0, 0.05) is 75.0 Å². The summed E-state index contributed by atoms with van der Waals surface area (Å²) in [5, 5.41) is 27.5. The van der Waals surface area contributed by atoms with E-state index in [1.54, 1.807) is 24.3 Å². The van der Waals surface area contributed by atoms with Gasteiger partial charge < -0.3 is 30.9 Å².